The first kappa shape index (κ1) is 23.4. The zero-order chi connectivity index (χ0) is 25.6. The molecule has 0 spiro atoms. The van der Waals surface area contributed by atoms with E-state index in [9.17, 15) is 22.0 Å². The lowest BCUT2D eigenvalue weighted by Crippen LogP contribution is -2.21. The molecule has 5 rings (SSSR count). The van der Waals surface area contributed by atoms with Gasteiger partial charge in [-0.05, 0) is 49.4 Å². The number of pyridine rings is 2. The van der Waals surface area contributed by atoms with Crippen molar-refractivity contribution in [2.45, 2.75) is 11.8 Å². The number of hydrogen-bond donors (Lipinski definition) is 0. The molecule has 0 aliphatic carbocycles. The van der Waals surface area contributed by atoms with Crippen LogP contribution in [0, 0.1) is 18.6 Å². The number of aromatic nitrogens is 3. The smallest absolute Gasteiger partial charge is 0.275 e. The van der Waals surface area contributed by atoms with E-state index in [0.29, 0.717) is 16.5 Å². The normalized spacial score (nSPS) is 11.7. The molecule has 0 atom stereocenters. The van der Waals surface area contributed by atoms with Crippen LogP contribution in [0.25, 0.3) is 22.0 Å². The third-order valence-electron chi connectivity index (χ3n) is 5.74. The quantitative estimate of drug-likeness (QED) is 0.334. The average Bonchev–Trinajstić information content (AvgIpc) is 3.25. The minimum atomic E-state index is -4.14. The number of nitrogens with zero attached hydrogens (tertiary/aromatic N) is 3. The van der Waals surface area contributed by atoms with Crippen molar-refractivity contribution in [1.29, 1.82) is 0 Å². The SMILES string of the molecule is Cc1ccc(S(=O)(=O)n2cc(-c3cccnc3Oc3ccc(F)c(F)c3)c3ccn(C)c(=O)c32)cc1. The standard InChI is InChI=1S/C26H19F2N3O4S/c1-16-5-8-18(9-6-16)36(33,34)31-15-21(19-11-13-30(2)26(32)24(19)31)20-4-3-12-29-25(20)35-17-7-10-22(27)23(28)14-17/h3-15H,1-2H3. The fourth-order valence-electron chi connectivity index (χ4n) is 3.85. The maximum atomic E-state index is 13.7. The molecular weight excluding hydrogens is 488 g/mol. The molecule has 3 aromatic heterocycles. The largest absolute Gasteiger partial charge is 0.438 e. The van der Waals surface area contributed by atoms with Crippen LogP contribution < -0.4 is 10.3 Å². The lowest BCUT2D eigenvalue weighted by molar-refractivity contribution is 0.449. The van der Waals surface area contributed by atoms with Crippen LogP contribution in [-0.2, 0) is 17.1 Å². The van der Waals surface area contributed by atoms with Gasteiger partial charge in [0.05, 0.1) is 4.90 Å². The van der Waals surface area contributed by atoms with Gasteiger partial charge in [0, 0.05) is 48.2 Å². The Balaban J connectivity index is 1.74. The molecule has 36 heavy (non-hydrogen) atoms. The molecular formula is C26H19F2N3O4S. The van der Waals surface area contributed by atoms with Crippen molar-refractivity contribution in [2.75, 3.05) is 0 Å². The van der Waals surface area contributed by atoms with Crippen molar-refractivity contribution in [3.05, 3.63) is 107 Å². The second-order valence-electron chi connectivity index (χ2n) is 8.18. The molecule has 0 saturated heterocycles. The molecule has 10 heteroatoms. The van der Waals surface area contributed by atoms with E-state index in [-0.39, 0.29) is 22.0 Å². The summed E-state index contributed by atoms with van der Waals surface area (Å²) in [6.07, 6.45) is 4.32. The van der Waals surface area contributed by atoms with Crippen LogP contribution >= 0.6 is 0 Å². The van der Waals surface area contributed by atoms with Crippen LogP contribution in [0.15, 0.2) is 88.9 Å². The van der Waals surface area contributed by atoms with Crippen molar-refractivity contribution in [3.63, 3.8) is 0 Å². The van der Waals surface area contributed by atoms with Crippen LogP contribution in [0.2, 0.25) is 0 Å². The van der Waals surface area contributed by atoms with E-state index < -0.39 is 27.2 Å². The lowest BCUT2D eigenvalue weighted by atomic mass is 10.1. The molecule has 3 heterocycles. The Morgan fingerprint density at radius 2 is 1.69 bits per heavy atom. The fraction of sp³-hybridized carbons (Fsp3) is 0.0769. The second kappa shape index (κ2) is 8.72. The molecule has 2 aromatic carbocycles. The van der Waals surface area contributed by atoms with Crippen LogP contribution in [-0.4, -0.2) is 21.9 Å². The predicted octanol–water partition coefficient (Wildman–Crippen LogP) is 5.02. The summed E-state index contributed by atoms with van der Waals surface area (Å²) in [5.74, 6) is -2.09. The van der Waals surface area contributed by atoms with E-state index in [4.69, 9.17) is 4.74 Å². The van der Waals surface area contributed by atoms with Gasteiger partial charge in [-0.3, -0.25) is 4.79 Å². The van der Waals surface area contributed by atoms with Gasteiger partial charge >= 0.3 is 0 Å². The molecule has 182 valence electrons. The number of hydrogen-bond acceptors (Lipinski definition) is 5. The predicted molar refractivity (Wildman–Crippen MR) is 131 cm³/mol. The molecule has 0 bridgehead atoms. The van der Waals surface area contributed by atoms with E-state index in [0.717, 1.165) is 21.7 Å². The Morgan fingerprint density at radius 1 is 0.944 bits per heavy atom. The van der Waals surface area contributed by atoms with E-state index in [2.05, 4.69) is 4.98 Å². The van der Waals surface area contributed by atoms with E-state index in [1.807, 2.05) is 6.92 Å². The average molecular weight is 508 g/mol. The summed E-state index contributed by atoms with van der Waals surface area (Å²) in [7, 11) is -2.61. The van der Waals surface area contributed by atoms with Crippen molar-refractivity contribution in [2.24, 2.45) is 7.05 Å². The van der Waals surface area contributed by atoms with Gasteiger partial charge in [0.2, 0.25) is 5.88 Å². The number of ether oxygens (including phenoxy) is 1. The zero-order valence-corrected chi connectivity index (χ0v) is 20.0. The van der Waals surface area contributed by atoms with Crippen LogP contribution in [0.1, 0.15) is 5.56 Å². The molecule has 0 unspecified atom stereocenters. The summed E-state index contributed by atoms with van der Waals surface area (Å²) in [6.45, 7) is 1.84. The first-order valence-electron chi connectivity index (χ1n) is 10.8. The van der Waals surface area contributed by atoms with Crippen molar-refractivity contribution in [1.82, 2.24) is 13.5 Å². The van der Waals surface area contributed by atoms with E-state index >= 15 is 0 Å². The highest BCUT2D eigenvalue weighted by atomic mass is 32.2. The van der Waals surface area contributed by atoms with Crippen molar-refractivity contribution >= 4 is 20.9 Å². The maximum absolute atomic E-state index is 13.7. The summed E-state index contributed by atoms with van der Waals surface area (Å²) < 4.78 is 62.3. The Labute approximate surface area is 204 Å². The minimum Gasteiger partial charge on any atom is -0.438 e. The summed E-state index contributed by atoms with van der Waals surface area (Å²) in [6, 6.07) is 14.2. The summed E-state index contributed by atoms with van der Waals surface area (Å²) in [5.41, 5.74) is 1.05. The first-order chi connectivity index (χ1) is 17.2. The number of benzene rings is 2. The summed E-state index contributed by atoms with van der Waals surface area (Å²) in [4.78, 5) is 17.4. The van der Waals surface area contributed by atoms with Gasteiger partial charge in [-0.1, -0.05) is 17.7 Å². The second-order valence-corrected chi connectivity index (χ2v) is 10.00. The number of rotatable bonds is 5. The third kappa shape index (κ3) is 3.95. The zero-order valence-electron chi connectivity index (χ0n) is 19.1. The van der Waals surface area contributed by atoms with Crippen LogP contribution in [0.4, 0.5) is 8.78 Å². The first-order valence-corrected chi connectivity index (χ1v) is 12.2. The molecule has 5 aromatic rings. The van der Waals surface area contributed by atoms with Crippen LogP contribution in [0.5, 0.6) is 11.6 Å². The third-order valence-corrected chi connectivity index (χ3v) is 7.42. The summed E-state index contributed by atoms with van der Waals surface area (Å²) >= 11 is 0. The van der Waals surface area contributed by atoms with Gasteiger partial charge in [0.25, 0.3) is 15.6 Å². The maximum Gasteiger partial charge on any atom is 0.275 e. The molecule has 0 fully saturated rings. The number of halogens is 2. The number of fused-ring (bicyclic) bond motifs is 1. The van der Waals surface area contributed by atoms with Gasteiger partial charge in [0.15, 0.2) is 11.6 Å². The Kier molecular flexibility index (Phi) is 5.68. The lowest BCUT2D eigenvalue weighted by Gasteiger charge is -2.10. The molecule has 0 amide bonds. The highest BCUT2D eigenvalue weighted by Crippen LogP contribution is 2.37. The Bertz CT molecular complexity index is 1790. The number of aryl methyl sites for hydroxylation is 2. The monoisotopic (exact) mass is 507 g/mol. The van der Waals surface area contributed by atoms with Gasteiger partial charge in [0.1, 0.15) is 11.3 Å². The fourth-order valence-corrected chi connectivity index (χ4v) is 5.22. The highest BCUT2D eigenvalue weighted by molar-refractivity contribution is 7.90. The molecule has 0 saturated carbocycles. The summed E-state index contributed by atoms with van der Waals surface area (Å²) in [5, 5.41) is 0.358. The van der Waals surface area contributed by atoms with Crippen molar-refractivity contribution in [3.8, 4) is 22.8 Å². The van der Waals surface area contributed by atoms with E-state index in [1.54, 1.807) is 30.3 Å². The van der Waals surface area contributed by atoms with Crippen LogP contribution in [0.3, 0.4) is 0 Å². The van der Waals surface area contributed by atoms with Gasteiger partial charge in [-0.15, -0.1) is 0 Å². The van der Waals surface area contributed by atoms with Crippen molar-refractivity contribution < 1.29 is 21.9 Å². The molecule has 0 aliphatic rings. The van der Waals surface area contributed by atoms with Gasteiger partial charge < -0.3 is 9.30 Å². The molecule has 0 aliphatic heterocycles. The highest BCUT2D eigenvalue weighted by Gasteiger charge is 2.25. The molecule has 0 radical (unpaired) electrons. The van der Waals surface area contributed by atoms with Gasteiger partial charge in [-0.2, -0.15) is 0 Å². The Hall–Kier alpha value is -4.31. The van der Waals surface area contributed by atoms with Gasteiger partial charge in [-0.25, -0.2) is 26.2 Å². The van der Waals surface area contributed by atoms with E-state index in [1.165, 1.54) is 48.4 Å². The molecule has 7 nitrogen and oxygen atoms in total. The topological polar surface area (TPSA) is 83.2 Å². The Morgan fingerprint density at radius 3 is 2.42 bits per heavy atom. The molecule has 0 N–H and O–H groups in total. The minimum absolute atomic E-state index is 0.000721.